The van der Waals surface area contributed by atoms with E-state index in [4.69, 9.17) is 16.2 Å². The number of hydrogen-bond donors (Lipinski definition) is 3. The molecule has 1 aliphatic heterocycles. The van der Waals surface area contributed by atoms with E-state index in [2.05, 4.69) is 10.4 Å². The van der Waals surface area contributed by atoms with E-state index in [1.807, 2.05) is 37.3 Å². The summed E-state index contributed by atoms with van der Waals surface area (Å²) in [7, 11) is 0. The Kier molecular flexibility index (Phi) is 6.41. The van der Waals surface area contributed by atoms with Crippen molar-refractivity contribution in [3.05, 3.63) is 70.8 Å². The summed E-state index contributed by atoms with van der Waals surface area (Å²) in [6.07, 6.45) is -0.890. The molecular formula is C24H26FN5O3. The first-order chi connectivity index (χ1) is 15.9. The molecule has 172 valence electrons. The number of nitrogens with zero attached hydrogens (tertiary/aromatic N) is 2. The highest BCUT2D eigenvalue weighted by Gasteiger charge is 2.32. The van der Waals surface area contributed by atoms with E-state index in [0.717, 1.165) is 11.1 Å². The van der Waals surface area contributed by atoms with Crippen molar-refractivity contribution in [3.63, 3.8) is 0 Å². The molecule has 33 heavy (non-hydrogen) atoms. The van der Waals surface area contributed by atoms with Crippen molar-refractivity contribution < 1.29 is 18.7 Å². The fourth-order valence-electron chi connectivity index (χ4n) is 4.00. The Morgan fingerprint density at radius 3 is 2.61 bits per heavy atom. The fourth-order valence-corrected chi connectivity index (χ4v) is 4.00. The van der Waals surface area contributed by atoms with Gasteiger partial charge in [0.2, 0.25) is 0 Å². The molecule has 2 heterocycles. The average molecular weight is 452 g/mol. The van der Waals surface area contributed by atoms with Gasteiger partial charge in [0, 0.05) is 24.3 Å². The number of nitrogens with one attached hydrogen (secondary N) is 1. The Morgan fingerprint density at radius 2 is 1.94 bits per heavy atom. The molecule has 0 unspecified atom stereocenters. The van der Waals surface area contributed by atoms with E-state index in [1.165, 1.54) is 4.68 Å². The summed E-state index contributed by atoms with van der Waals surface area (Å²) < 4.78 is 20.9. The van der Waals surface area contributed by atoms with Crippen LogP contribution in [-0.4, -0.2) is 41.0 Å². The number of anilines is 1. The number of benzene rings is 2. The SMILES string of the molecule is Cc1ccccc1C(=O)NCc1ccc(-c2nn([C@H]3CCOC[C@H]3F)c(N)c2C(N)=O)cc1. The van der Waals surface area contributed by atoms with Crippen molar-refractivity contribution in [1.82, 2.24) is 15.1 Å². The lowest BCUT2D eigenvalue weighted by Crippen LogP contribution is -2.32. The largest absolute Gasteiger partial charge is 0.383 e. The van der Waals surface area contributed by atoms with Gasteiger partial charge in [0.1, 0.15) is 23.2 Å². The molecule has 1 aliphatic rings. The lowest BCUT2D eigenvalue weighted by Gasteiger charge is -2.27. The smallest absolute Gasteiger partial charge is 0.254 e. The van der Waals surface area contributed by atoms with E-state index in [-0.39, 0.29) is 23.9 Å². The van der Waals surface area contributed by atoms with Crippen LogP contribution in [0.15, 0.2) is 48.5 Å². The maximum absolute atomic E-state index is 14.4. The summed E-state index contributed by atoms with van der Waals surface area (Å²) in [6.45, 7) is 2.55. The number of carbonyl (C=O) groups is 2. The number of aromatic nitrogens is 2. The highest BCUT2D eigenvalue weighted by atomic mass is 19.1. The van der Waals surface area contributed by atoms with Gasteiger partial charge in [0.05, 0.1) is 12.6 Å². The number of alkyl halides is 1. The first-order valence-electron chi connectivity index (χ1n) is 10.7. The minimum atomic E-state index is -1.28. The zero-order valence-corrected chi connectivity index (χ0v) is 18.3. The second kappa shape index (κ2) is 9.41. The molecule has 0 aliphatic carbocycles. The molecule has 5 N–H and O–H groups in total. The number of nitrogens with two attached hydrogens (primary N) is 2. The van der Waals surface area contributed by atoms with Gasteiger partial charge >= 0.3 is 0 Å². The van der Waals surface area contributed by atoms with Gasteiger partial charge in [0.15, 0.2) is 0 Å². The van der Waals surface area contributed by atoms with Gasteiger partial charge in [-0.05, 0) is 30.5 Å². The predicted molar refractivity (Wildman–Crippen MR) is 122 cm³/mol. The standard InChI is InChI=1S/C24H26FN5O3/c1-14-4-2-3-5-17(14)24(32)28-12-15-6-8-16(9-7-15)21-20(23(27)31)22(26)30(29-21)19-10-11-33-13-18(19)25/h2-9,18-19H,10-13,26H2,1H3,(H2,27,31)(H,28,32)/t18-,19+/m1/s1. The highest BCUT2D eigenvalue weighted by molar-refractivity contribution is 6.03. The number of carbonyl (C=O) groups excluding carboxylic acids is 2. The lowest BCUT2D eigenvalue weighted by molar-refractivity contribution is 0.000592. The molecule has 3 aromatic rings. The van der Waals surface area contributed by atoms with E-state index >= 15 is 0 Å². The Labute approximate surface area is 190 Å². The Morgan fingerprint density at radius 1 is 1.21 bits per heavy atom. The number of amides is 2. The number of aryl methyl sites for hydroxylation is 1. The van der Waals surface area contributed by atoms with Gasteiger partial charge in [-0.2, -0.15) is 5.10 Å². The molecule has 2 amide bonds. The summed E-state index contributed by atoms with van der Waals surface area (Å²) in [5, 5.41) is 7.35. The van der Waals surface area contributed by atoms with Crippen LogP contribution in [0, 0.1) is 6.92 Å². The van der Waals surface area contributed by atoms with Crippen LogP contribution >= 0.6 is 0 Å². The van der Waals surface area contributed by atoms with Crippen LogP contribution in [-0.2, 0) is 11.3 Å². The van der Waals surface area contributed by atoms with Crippen molar-refractivity contribution in [2.75, 3.05) is 18.9 Å². The number of ether oxygens (including phenoxy) is 1. The zero-order valence-electron chi connectivity index (χ0n) is 18.3. The van der Waals surface area contributed by atoms with E-state index in [0.29, 0.717) is 36.4 Å². The summed E-state index contributed by atoms with van der Waals surface area (Å²) in [5.41, 5.74) is 15.1. The number of rotatable bonds is 6. The monoisotopic (exact) mass is 451 g/mol. The van der Waals surface area contributed by atoms with Gasteiger partial charge < -0.3 is 21.5 Å². The van der Waals surface area contributed by atoms with Crippen molar-refractivity contribution in [1.29, 1.82) is 0 Å². The van der Waals surface area contributed by atoms with E-state index < -0.39 is 18.1 Å². The summed E-state index contributed by atoms with van der Waals surface area (Å²) in [4.78, 5) is 24.6. The van der Waals surface area contributed by atoms with Gasteiger partial charge in [0.25, 0.3) is 11.8 Å². The van der Waals surface area contributed by atoms with Gasteiger partial charge in [-0.15, -0.1) is 0 Å². The molecular weight excluding hydrogens is 425 g/mol. The number of halogens is 1. The van der Waals surface area contributed by atoms with Crippen molar-refractivity contribution in [3.8, 4) is 11.3 Å². The van der Waals surface area contributed by atoms with Crippen LogP contribution in [0.2, 0.25) is 0 Å². The number of hydrogen-bond acceptors (Lipinski definition) is 5. The van der Waals surface area contributed by atoms with Crippen LogP contribution < -0.4 is 16.8 Å². The molecule has 1 fully saturated rings. The quantitative estimate of drug-likeness (QED) is 0.531. The van der Waals surface area contributed by atoms with Crippen molar-refractivity contribution in [2.45, 2.75) is 32.1 Å². The summed E-state index contributed by atoms with van der Waals surface area (Å²) in [5.74, 6) is -0.843. The van der Waals surface area contributed by atoms with Crippen LogP contribution in [0.1, 0.15) is 44.3 Å². The topological polar surface area (TPSA) is 125 Å². The van der Waals surface area contributed by atoms with Crippen LogP contribution in [0.25, 0.3) is 11.3 Å². The Bertz CT molecular complexity index is 1180. The first-order valence-corrected chi connectivity index (χ1v) is 10.7. The van der Waals surface area contributed by atoms with Gasteiger partial charge in [-0.3, -0.25) is 9.59 Å². The lowest BCUT2D eigenvalue weighted by atomic mass is 10.0. The minimum absolute atomic E-state index is 0.0432. The van der Waals surface area contributed by atoms with Crippen LogP contribution in [0.4, 0.5) is 10.2 Å². The zero-order chi connectivity index (χ0) is 23.5. The molecule has 2 aromatic carbocycles. The third-order valence-corrected chi connectivity index (χ3v) is 5.83. The third-order valence-electron chi connectivity index (χ3n) is 5.83. The Hall–Kier alpha value is -3.72. The highest BCUT2D eigenvalue weighted by Crippen LogP contribution is 2.33. The van der Waals surface area contributed by atoms with Crippen LogP contribution in [0.3, 0.4) is 0 Å². The van der Waals surface area contributed by atoms with E-state index in [1.54, 1.807) is 18.2 Å². The molecule has 1 saturated heterocycles. The van der Waals surface area contributed by atoms with Crippen molar-refractivity contribution in [2.24, 2.45) is 5.73 Å². The molecule has 0 saturated carbocycles. The molecule has 1 aromatic heterocycles. The minimum Gasteiger partial charge on any atom is -0.383 e. The van der Waals surface area contributed by atoms with Crippen molar-refractivity contribution >= 4 is 17.6 Å². The molecule has 2 atom stereocenters. The van der Waals surface area contributed by atoms with Gasteiger partial charge in [-0.1, -0.05) is 42.5 Å². The molecule has 0 spiro atoms. The maximum atomic E-state index is 14.4. The summed E-state index contributed by atoms with van der Waals surface area (Å²) in [6, 6.07) is 13.9. The molecule has 0 bridgehead atoms. The van der Waals surface area contributed by atoms with Gasteiger partial charge in [-0.25, -0.2) is 9.07 Å². The first kappa shape index (κ1) is 22.5. The average Bonchev–Trinajstić information content (AvgIpc) is 3.15. The normalized spacial score (nSPS) is 18.1. The Balaban J connectivity index is 1.55. The molecule has 9 heteroatoms. The molecule has 0 radical (unpaired) electrons. The molecule has 8 nitrogen and oxygen atoms in total. The predicted octanol–water partition coefficient (Wildman–Crippen LogP) is 2.77. The third kappa shape index (κ3) is 4.58. The molecule has 4 rings (SSSR count). The number of nitrogen functional groups attached to an aromatic ring is 1. The second-order valence-corrected chi connectivity index (χ2v) is 8.06. The summed E-state index contributed by atoms with van der Waals surface area (Å²) >= 11 is 0. The second-order valence-electron chi connectivity index (χ2n) is 8.06. The number of primary amides is 1. The van der Waals surface area contributed by atoms with Crippen LogP contribution in [0.5, 0.6) is 0 Å². The maximum Gasteiger partial charge on any atom is 0.254 e. The fraction of sp³-hybridized carbons (Fsp3) is 0.292. The van der Waals surface area contributed by atoms with E-state index in [9.17, 15) is 14.0 Å².